The van der Waals surface area contributed by atoms with E-state index in [0.29, 0.717) is 24.4 Å². The van der Waals surface area contributed by atoms with Crippen molar-refractivity contribution in [1.29, 1.82) is 0 Å². The lowest BCUT2D eigenvalue weighted by Gasteiger charge is -2.40. The highest BCUT2D eigenvalue weighted by Crippen LogP contribution is 2.29. The van der Waals surface area contributed by atoms with Crippen LogP contribution in [0.15, 0.2) is 18.2 Å². The first-order valence-corrected chi connectivity index (χ1v) is 6.97. The third kappa shape index (κ3) is 3.19. The Balaban J connectivity index is 2.14. The molecule has 4 heteroatoms. The molecule has 1 aliphatic heterocycles. The topological polar surface area (TPSA) is 58.7 Å². The van der Waals surface area contributed by atoms with Gasteiger partial charge in [0.15, 0.2) is 11.5 Å². The van der Waals surface area contributed by atoms with E-state index in [-0.39, 0.29) is 5.75 Å². The van der Waals surface area contributed by atoms with Gasteiger partial charge in [-0.15, -0.1) is 0 Å². The van der Waals surface area contributed by atoms with Crippen LogP contribution in [0.1, 0.15) is 31.7 Å². The lowest BCUT2D eigenvalue weighted by atomic mass is 9.95. The van der Waals surface area contributed by atoms with E-state index in [1.807, 2.05) is 12.1 Å². The van der Waals surface area contributed by atoms with Gasteiger partial charge in [-0.1, -0.05) is 12.5 Å². The smallest absolute Gasteiger partial charge is 0.160 e. The fraction of sp³-hybridized carbons (Fsp3) is 0.600. The monoisotopic (exact) mass is 264 g/mol. The summed E-state index contributed by atoms with van der Waals surface area (Å²) in [4.78, 5) is 2.47. The average molecular weight is 264 g/mol. The quantitative estimate of drug-likeness (QED) is 0.874. The molecule has 0 aliphatic carbocycles. The van der Waals surface area contributed by atoms with Gasteiger partial charge in [-0.3, -0.25) is 4.90 Å². The minimum absolute atomic E-state index is 0.188. The summed E-state index contributed by atoms with van der Waals surface area (Å²) in [6.07, 6.45) is 3.67. The van der Waals surface area contributed by atoms with Gasteiger partial charge in [-0.25, -0.2) is 0 Å². The van der Waals surface area contributed by atoms with Crippen molar-refractivity contribution in [1.82, 2.24) is 4.90 Å². The fourth-order valence-electron chi connectivity index (χ4n) is 2.91. The number of ether oxygens (including phenoxy) is 1. The predicted molar refractivity (Wildman–Crippen MR) is 76.4 cm³/mol. The Morgan fingerprint density at radius 1 is 1.42 bits per heavy atom. The van der Waals surface area contributed by atoms with E-state index < -0.39 is 0 Å². The maximum absolute atomic E-state index is 9.63. The van der Waals surface area contributed by atoms with E-state index in [4.69, 9.17) is 10.5 Å². The van der Waals surface area contributed by atoms with Crippen molar-refractivity contribution >= 4 is 0 Å². The van der Waals surface area contributed by atoms with E-state index in [1.165, 1.54) is 19.3 Å². The largest absolute Gasteiger partial charge is 0.504 e. The average Bonchev–Trinajstić information content (AvgIpc) is 2.43. The summed E-state index contributed by atoms with van der Waals surface area (Å²) in [6, 6.07) is 6.57. The Bertz CT molecular complexity index is 423. The number of hydrogen-bond donors (Lipinski definition) is 2. The molecule has 2 rings (SSSR count). The summed E-state index contributed by atoms with van der Waals surface area (Å²) in [7, 11) is 1.57. The minimum Gasteiger partial charge on any atom is -0.504 e. The zero-order valence-electron chi connectivity index (χ0n) is 11.8. The summed E-state index contributed by atoms with van der Waals surface area (Å²) in [6.45, 7) is 3.83. The molecule has 2 atom stereocenters. The zero-order chi connectivity index (χ0) is 13.8. The molecule has 0 saturated carbocycles. The van der Waals surface area contributed by atoms with Gasteiger partial charge in [0.1, 0.15) is 0 Å². The number of phenols is 1. The molecule has 2 unspecified atom stereocenters. The second-order valence-electron chi connectivity index (χ2n) is 5.35. The first-order chi connectivity index (χ1) is 9.15. The summed E-state index contributed by atoms with van der Waals surface area (Å²) < 4.78 is 5.16. The van der Waals surface area contributed by atoms with Gasteiger partial charge in [0.25, 0.3) is 0 Å². The number of aromatic hydroxyl groups is 1. The first-order valence-electron chi connectivity index (χ1n) is 6.97. The Labute approximate surface area is 115 Å². The van der Waals surface area contributed by atoms with E-state index in [0.717, 1.165) is 12.1 Å². The van der Waals surface area contributed by atoms with Crippen LogP contribution in [0.25, 0.3) is 0 Å². The molecule has 1 aromatic rings. The molecule has 1 fully saturated rings. The molecule has 3 N–H and O–H groups in total. The molecule has 4 nitrogen and oxygen atoms in total. The third-order valence-electron chi connectivity index (χ3n) is 4.08. The van der Waals surface area contributed by atoms with Gasteiger partial charge < -0.3 is 15.6 Å². The predicted octanol–water partition coefficient (Wildman–Crippen LogP) is 2.10. The van der Waals surface area contributed by atoms with Gasteiger partial charge >= 0.3 is 0 Å². The number of piperidine rings is 1. The number of nitrogens with two attached hydrogens (primary N) is 1. The number of benzene rings is 1. The van der Waals surface area contributed by atoms with Gasteiger partial charge in [0.05, 0.1) is 7.11 Å². The summed E-state index contributed by atoms with van der Waals surface area (Å²) in [5, 5.41) is 9.63. The van der Waals surface area contributed by atoms with Crippen LogP contribution in [-0.4, -0.2) is 35.7 Å². The fourth-order valence-corrected chi connectivity index (χ4v) is 2.91. The Morgan fingerprint density at radius 2 is 2.21 bits per heavy atom. The Kier molecular flexibility index (Phi) is 4.66. The van der Waals surface area contributed by atoms with Crippen LogP contribution < -0.4 is 10.5 Å². The maximum Gasteiger partial charge on any atom is 0.160 e. The number of likely N-dealkylation sites (tertiary alicyclic amines) is 1. The normalized spacial score (nSPS) is 24.4. The van der Waals surface area contributed by atoms with Crippen LogP contribution in [-0.2, 0) is 6.54 Å². The van der Waals surface area contributed by atoms with Gasteiger partial charge in [-0.2, -0.15) is 0 Å². The molecule has 19 heavy (non-hydrogen) atoms. The molecule has 1 aromatic carbocycles. The van der Waals surface area contributed by atoms with Crippen LogP contribution in [0.4, 0.5) is 0 Å². The van der Waals surface area contributed by atoms with Crippen LogP contribution in [0.5, 0.6) is 11.5 Å². The van der Waals surface area contributed by atoms with Crippen LogP contribution in [0, 0.1) is 0 Å². The highest BCUT2D eigenvalue weighted by molar-refractivity contribution is 5.41. The molecule has 1 aliphatic rings. The number of nitrogens with zero attached hydrogens (tertiary/aromatic N) is 1. The summed E-state index contributed by atoms with van der Waals surface area (Å²) in [5.41, 5.74) is 7.04. The van der Waals surface area contributed by atoms with Gasteiger partial charge in [-0.05, 0) is 37.5 Å². The van der Waals surface area contributed by atoms with Crippen molar-refractivity contribution in [2.24, 2.45) is 5.73 Å². The van der Waals surface area contributed by atoms with Crippen LogP contribution >= 0.6 is 0 Å². The molecular weight excluding hydrogens is 240 g/mol. The minimum atomic E-state index is 0.188. The van der Waals surface area contributed by atoms with Crippen molar-refractivity contribution in [2.75, 3.05) is 13.7 Å². The Morgan fingerprint density at radius 3 is 2.89 bits per heavy atom. The van der Waals surface area contributed by atoms with E-state index in [1.54, 1.807) is 13.2 Å². The molecule has 0 radical (unpaired) electrons. The molecule has 106 valence electrons. The summed E-state index contributed by atoms with van der Waals surface area (Å²) in [5.74, 6) is 0.722. The van der Waals surface area contributed by atoms with E-state index in [9.17, 15) is 5.11 Å². The second kappa shape index (κ2) is 6.26. The third-order valence-corrected chi connectivity index (χ3v) is 4.08. The van der Waals surface area contributed by atoms with Crippen molar-refractivity contribution < 1.29 is 9.84 Å². The lowest BCUT2D eigenvalue weighted by Crippen LogP contribution is -2.48. The van der Waals surface area contributed by atoms with E-state index in [2.05, 4.69) is 11.8 Å². The Hall–Kier alpha value is -1.26. The van der Waals surface area contributed by atoms with Crippen molar-refractivity contribution in [3.63, 3.8) is 0 Å². The molecule has 1 saturated heterocycles. The maximum atomic E-state index is 9.63. The lowest BCUT2D eigenvalue weighted by molar-refractivity contribution is 0.0891. The van der Waals surface area contributed by atoms with Gasteiger partial charge in [0.2, 0.25) is 0 Å². The molecule has 0 amide bonds. The zero-order valence-corrected chi connectivity index (χ0v) is 11.8. The van der Waals surface area contributed by atoms with Crippen molar-refractivity contribution in [2.45, 2.75) is 44.8 Å². The SMILES string of the molecule is COc1cc(CN2C(C)CCCC2CN)ccc1O. The highest BCUT2D eigenvalue weighted by atomic mass is 16.5. The van der Waals surface area contributed by atoms with Crippen molar-refractivity contribution in [3.8, 4) is 11.5 Å². The highest BCUT2D eigenvalue weighted by Gasteiger charge is 2.26. The number of phenolic OH excluding ortho intramolecular Hbond substituents is 1. The van der Waals surface area contributed by atoms with Gasteiger partial charge in [0, 0.05) is 25.2 Å². The summed E-state index contributed by atoms with van der Waals surface area (Å²) >= 11 is 0. The number of hydrogen-bond acceptors (Lipinski definition) is 4. The van der Waals surface area contributed by atoms with Crippen molar-refractivity contribution in [3.05, 3.63) is 23.8 Å². The second-order valence-corrected chi connectivity index (χ2v) is 5.35. The number of methoxy groups -OCH3 is 1. The molecule has 0 bridgehead atoms. The molecule has 0 spiro atoms. The number of rotatable bonds is 4. The standard InChI is InChI=1S/C15H24N2O2/c1-11-4-3-5-13(9-16)17(11)10-12-6-7-14(18)15(8-12)19-2/h6-8,11,13,18H,3-5,9-10,16H2,1-2H3. The van der Waals surface area contributed by atoms with Crippen LogP contribution in [0.2, 0.25) is 0 Å². The first kappa shape index (κ1) is 14.2. The van der Waals surface area contributed by atoms with Crippen LogP contribution in [0.3, 0.4) is 0 Å². The molecule has 0 aromatic heterocycles. The van der Waals surface area contributed by atoms with E-state index >= 15 is 0 Å². The molecule has 1 heterocycles. The molecular formula is C15H24N2O2.